The number of thioether (sulfide) groups is 1. The molecule has 2 N–H and O–H groups in total. The Morgan fingerprint density at radius 3 is 2.30 bits per heavy atom. The monoisotopic (exact) mass is 452 g/mol. The SMILES string of the molecule is CC.CSC(CO)CC(O)CCOc1ccc(Cl)cc1Cc1ccc(C(C)C)cc1. The minimum atomic E-state index is -0.482. The van der Waals surface area contributed by atoms with Crippen molar-refractivity contribution in [1.29, 1.82) is 0 Å². The molecule has 0 spiro atoms. The van der Waals surface area contributed by atoms with Crippen LogP contribution in [0.1, 0.15) is 63.1 Å². The predicted octanol–water partition coefficient (Wildman–Crippen LogP) is 6.32. The van der Waals surface area contributed by atoms with E-state index in [9.17, 15) is 10.2 Å². The van der Waals surface area contributed by atoms with Gasteiger partial charge in [0.1, 0.15) is 5.75 Å². The number of ether oxygens (including phenoxy) is 1. The third kappa shape index (κ3) is 9.30. The Morgan fingerprint density at radius 1 is 1.07 bits per heavy atom. The van der Waals surface area contributed by atoms with Gasteiger partial charge in [0.25, 0.3) is 0 Å². The lowest BCUT2D eigenvalue weighted by Gasteiger charge is -2.17. The Balaban J connectivity index is 0.00000218. The Kier molecular flexibility index (Phi) is 13.2. The maximum atomic E-state index is 10.2. The fraction of sp³-hybridized carbons (Fsp3) is 0.520. The van der Waals surface area contributed by atoms with Gasteiger partial charge in [-0.25, -0.2) is 0 Å². The maximum absolute atomic E-state index is 10.2. The lowest BCUT2D eigenvalue weighted by atomic mass is 9.98. The first kappa shape index (κ1) is 26.8. The van der Waals surface area contributed by atoms with Crippen LogP contribution in [0.15, 0.2) is 42.5 Å². The highest BCUT2D eigenvalue weighted by Gasteiger charge is 2.14. The summed E-state index contributed by atoms with van der Waals surface area (Å²) >= 11 is 7.77. The van der Waals surface area contributed by atoms with E-state index in [2.05, 4.69) is 38.1 Å². The first-order chi connectivity index (χ1) is 14.4. The van der Waals surface area contributed by atoms with Crippen molar-refractivity contribution < 1.29 is 14.9 Å². The van der Waals surface area contributed by atoms with Gasteiger partial charge in [0.15, 0.2) is 0 Å². The summed E-state index contributed by atoms with van der Waals surface area (Å²) in [6.07, 6.45) is 3.30. The molecule has 2 atom stereocenters. The zero-order valence-corrected chi connectivity index (χ0v) is 20.5. The molecule has 0 heterocycles. The largest absolute Gasteiger partial charge is 0.493 e. The smallest absolute Gasteiger partial charge is 0.122 e. The number of halogens is 1. The van der Waals surface area contributed by atoms with Crippen LogP contribution in [0.2, 0.25) is 5.02 Å². The van der Waals surface area contributed by atoms with E-state index in [4.69, 9.17) is 16.3 Å². The number of hydrogen-bond acceptors (Lipinski definition) is 4. The summed E-state index contributed by atoms with van der Waals surface area (Å²) in [5.41, 5.74) is 3.57. The molecular weight excluding hydrogens is 416 g/mol. The van der Waals surface area contributed by atoms with E-state index in [1.807, 2.05) is 38.3 Å². The second-order valence-corrected chi connectivity index (χ2v) is 8.97. The second-order valence-electron chi connectivity index (χ2n) is 7.39. The van der Waals surface area contributed by atoms with E-state index in [1.54, 1.807) is 11.8 Å². The summed E-state index contributed by atoms with van der Waals surface area (Å²) in [6.45, 7) is 8.88. The van der Waals surface area contributed by atoms with Gasteiger partial charge in [-0.05, 0) is 53.5 Å². The number of aliphatic hydroxyl groups is 2. The molecule has 0 aliphatic carbocycles. The van der Waals surface area contributed by atoms with Gasteiger partial charge in [0.2, 0.25) is 0 Å². The van der Waals surface area contributed by atoms with Crippen molar-refractivity contribution in [3.63, 3.8) is 0 Å². The van der Waals surface area contributed by atoms with Crippen molar-refractivity contribution >= 4 is 23.4 Å². The molecule has 0 aromatic heterocycles. The van der Waals surface area contributed by atoms with Crippen molar-refractivity contribution in [3.8, 4) is 5.75 Å². The fourth-order valence-corrected chi connectivity index (χ4v) is 3.80. The molecule has 5 heteroatoms. The first-order valence-electron chi connectivity index (χ1n) is 10.7. The van der Waals surface area contributed by atoms with Gasteiger partial charge in [-0.1, -0.05) is 63.6 Å². The molecule has 0 amide bonds. The zero-order chi connectivity index (χ0) is 22.5. The Labute approximate surface area is 191 Å². The molecular formula is C25H37ClO3S. The first-order valence-corrected chi connectivity index (χ1v) is 12.4. The highest BCUT2D eigenvalue weighted by molar-refractivity contribution is 7.99. The summed E-state index contributed by atoms with van der Waals surface area (Å²) in [7, 11) is 0. The van der Waals surface area contributed by atoms with Gasteiger partial charge in [0.05, 0.1) is 19.3 Å². The van der Waals surface area contributed by atoms with Crippen molar-refractivity contribution in [1.82, 2.24) is 0 Å². The highest BCUT2D eigenvalue weighted by Crippen LogP contribution is 2.27. The standard InChI is InChI=1S/C23H31ClO3S.C2H6/c1-16(2)18-6-4-17(5-7-18)12-19-13-20(24)8-9-23(19)27-11-10-21(26)14-22(15-25)28-3;1-2/h4-9,13,16,21-22,25-26H,10-12,14-15H2,1-3H3;1-2H3. The lowest BCUT2D eigenvalue weighted by Crippen LogP contribution is -2.20. The minimum absolute atomic E-state index is 0.0647. The van der Waals surface area contributed by atoms with Gasteiger partial charge >= 0.3 is 0 Å². The third-order valence-electron chi connectivity index (χ3n) is 4.84. The van der Waals surface area contributed by atoms with Crippen LogP contribution in [0, 0.1) is 0 Å². The van der Waals surface area contributed by atoms with Crippen molar-refractivity contribution in [2.75, 3.05) is 19.5 Å². The van der Waals surface area contributed by atoms with Crippen molar-refractivity contribution in [2.24, 2.45) is 0 Å². The molecule has 0 bridgehead atoms. The average Bonchev–Trinajstić information content (AvgIpc) is 2.75. The maximum Gasteiger partial charge on any atom is 0.122 e. The molecule has 2 aromatic carbocycles. The number of benzene rings is 2. The third-order valence-corrected chi connectivity index (χ3v) is 6.09. The predicted molar refractivity (Wildman–Crippen MR) is 131 cm³/mol. The molecule has 0 aliphatic heterocycles. The van der Waals surface area contributed by atoms with Gasteiger partial charge in [-0.2, -0.15) is 11.8 Å². The second kappa shape index (κ2) is 14.7. The molecule has 0 radical (unpaired) electrons. The van der Waals surface area contributed by atoms with Gasteiger partial charge in [0, 0.05) is 23.1 Å². The molecule has 2 unspecified atom stereocenters. The highest BCUT2D eigenvalue weighted by atomic mass is 35.5. The van der Waals surface area contributed by atoms with E-state index in [1.165, 1.54) is 11.1 Å². The van der Waals surface area contributed by atoms with E-state index in [0.717, 1.165) is 17.7 Å². The van der Waals surface area contributed by atoms with Crippen LogP contribution in [0.3, 0.4) is 0 Å². The average molecular weight is 453 g/mol. The Bertz CT molecular complexity index is 715. The fourth-order valence-electron chi connectivity index (χ4n) is 3.04. The van der Waals surface area contributed by atoms with Crippen LogP contribution in [-0.4, -0.2) is 41.0 Å². The molecule has 0 saturated heterocycles. The van der Waals surface area contributed by atoms with Crippen LogP contribution in [0.4, 0.5) is 0 Å². The van der Waals surface area contributed by atoms with Crippen LogP contribution < -0.4 is 4.74 Å². The van der Waals surface area contributed by atoms with E-state index >= 15 is 0 Å². The summed E-state index contributed by atoms with van der Waals surface area (Å²) < 4.78 is 5.96. The Hall–Kier alpha value is -1.20. The topological polar surface area (TPSA) is 49.7 Å². The molecule has 30 heavy (non-hydrogen) atoms. The van der Waals surface area contributed by atoms with E-state index in [0.29, 0.717) is 30.4 Å². The summed E-state index contributed by atoms with van der Waals surface area (Å²) in [5, 5.41) is 20.2. The van der Waals surface area contributed by atoms with Gasteiger partial charge < -0.3 is 14.9 Å². The van der Waals surface area contributed by atoms with E-state index in [-0.39, 0.29) is 11.9 Å². The molecule has 3 nitrogen and oxygen atoms in total. The minimum Gasteiger partial charge on any atom is -0.493 e. The van der Waals surface area contributed by atoms with E-state index < -0.39 is 6.10 Å². The van der Waals surface area contributed by atoms with Gasteiger partial charge in [-0.3, -0.25) is 0 Å². The zero-order valence-electron chi connectivity index (χ0n) is 18.9. The molecule has 0 saturated carbocycles. The molecule has 0 fully saturated rings. The number of aliphatic hydroxyl groups excluding tert-OH is 2. The summed E-state index contributed by atoms with van der Waals surface area (Å²) in [6, 6.07) is 14.3. The van der Waals surface area contributed by atoms with Crippen molar-refractivity contribution in [3.05, 3.63) is 64.2 Å². The normalized spacial score (nSPS) is 12.8. The number of hydrogen-bond donors (Lipinski definition) is 2. The molecule has 2 aromatic rings. The molecule has 0 aliphatic rings. The van der Waals surface area contributed by atoms with Crippen LogP contribution in [0.25, 0.3) is 0 Å². The summed E-state index contributed by atoms with van der Waals surface area (Å²) in [4.78, 5) is 0. The number of rotatable bonds is 11. The van der Waals surface area contributed by atoms with Crippen LogP contribution in [0.5, 0.6) is 5.75 Å². The van der Waals surface area contributed by atoms with Crippen LogP contribution >= 0.6 is 23.4 Å². The van der Waals surface area contributed by atoms with Gasteiger partial charge in [-0.15, -0.1) is 0 Å². The molecule has 2 rings (SSSR count). The Morgan fingerprint density at radius 2 is 1.73 bits per heavy atom. The van der Waals surface area contributed by atoms with Crippen LogP contribution in [-0.2, 0) is 6.42 Å². The lowest BCUT2D eigenvalue weighted by molar-refractivity contribution is 0.123. The quantitative estimate of drug-likeness (QED) is 0.418. The summed E-state index contributed by atoms with van der Waals surface area (Å²) in [5.74, 6) is 1.31. The molecule has 168 valence electrons. The van der Waals surface area contributed by atoms with Crippen molar-refractivity contribution in [2.45, 2.75) is 64.2 Å².